The zero-order valence-corrected chi connectivity index (χ0v) is 11.1. The zero-order valence-electron chi connectivity index (χ0n) is 11.1. The van der Waals surface area contributed by atoms with E-state index in [9.17, 15) is 9.90 Å². The van der Waals surface area contributed by atoms with E-state index in [1.54, 1.807) is 6.92 Å². The van der Waals surface area contributed by atoms with Gasteiger partial charge in [0.2, 0.25) is 0 Å². The summed E-state index contributed by atoms with van der Waals surface area (Å²) >= 11 is 0. The number of esters is 1. The normalized spacial score (nSPS) is 22.7. The molecule has 0 saturated carbocycles. The van der Waals surface area contributed by atoms with Crippen LogP contribution in [-0.2, 0) is 19.0 Å². The largest absolute Gasteiger partial charge is 0.468 e. The standard InChI is InChI=1S/C12H23NO5/c1-9(12(15)16-2)13-6-10(14)7-17-8-11-4-3-5-18-11/h9-11,13-14H,3-8H2,1-2H3. The Morgan fingerprint density at radius 2 is 2.39 bits per heavy atom. The van der Waals surface area contributed by atoms with Crippen LogP contribution in [0.25, 0.3) is 0 Å². The molecule has 1 rings (SSSR count). The van der Waals surface area contributed by atoms with Crippen molar-refractivity contribution in [3.05, 3.63) is 0 Å². The van der Waals surface area contributed by atoms with Crippen molar-refractivity contribution in [2.24, 2.45) is 0 Å². The van der Waals surface area contributed by atoms with E-state index in [0.717, 1.165) is 19.4 Å². The second kappa shape index (κ2) is 8.42. The highest BCUT2D eigenvalue weighted by Gasteiger charge is 2.17. The highest BCUT2D eigenvalue weighted by atomic mass is 16.5. The van der Waals surface area contributed by atoms with Gasteiger partial charge in [-0.25, -0.2) is 0 Å². The van der Waals surface area contributed by atoms with Gasteiger partial charge in [0, 0.05) is 13.2 Å². The fourth-order valence-electron chi connectivity index (χ4n) is 1.74. The van der Waals surface area contributed by atoms with Crippen LogP contribution in [0.3, 0.4) is 0 Å². The van der Waals surface area contributed by atoms with Crippen LogP contribution in [0.15, 0.2) is 0 Å². The Hall–Kier alpha value is -0.690. The number of hydrogen-bond donors (Lipinski definition) is 2. The van der Waals surface area contributed by atoms with Crippen molar-refractivity contribution in [1.29, 1.82) is 0 Å². The first-order chi connectivity index (χ1) is 8.63. The second-order valence-corrected chi connectivity index (χ2v) is 4.48. The molecule has 2 N–H and O–H groups in total. The molecule has 18 heavy (non-hydrogen) atoms. The molecule has 3 unspecified atom stereocenters. The number of ether oxygens (including phenoxy) is 3. The molecule has 6 heteroatoms. The number of nitrogens with one attached hydrogen (secondary N) is 1. The van der Waals surface area contributed by atoms with Gasteiger partial charge in [0.15, 0.2) is 0 Å². The quantitative estimate of drug-likeness (QED) is 0.584. The first-order valence-corrected chi connectivity index (χ1v) is 6.32. The summed E-state index contributed by atoms with van der Waals surface area (Å²) < 4.78 is 15.3. The summed E-state index contributed by atoms with van der Waals surface area (Å²) in [7, 11) is 1.33. The van der Waals surface area contributed by atoms with Crippen molar-refractivity contribution in [2.75, 3.05) is 33.5 Å². The number of aliphatic hydroxyl groups excluding tert-OH is 1. The molecule has 0 aromatic heterocycles. The van der Waals surface area contributed by atoms with Crippen LogP contribution in [0.2, 0.25) is 0 Å². The van der Waals surface area contributed by atoms with Crippen molar-refractivity contribution < 1.29 is 24.1 Å². The molecule has 1 aliphatic heterocycles. The van der Waals surface area contributed by atoms with E-state index in [2.05, 4.69) is 10.1 Å². The third-order valence-electron chi connectivity index (χ3n) is 2.85. The molecule has 1 fully saturated rings. The molecule has 0 amide bonds. The molecule has 106 valence electrons. The lowest BCUT2D eigenvalue weighted by molar-refractivity contribution is -0.142. The maximum atomic E-state index is 11.1. The van der Waals surface area contributed by atoms with Crippen molar-refractivity contribution in [2.45, 2.75) is 38.0 Å². The summed E-state index contributed by atoms with van der Waals surface area (Å²) in [6.07, 6.45) is 1.63. The minimum absolute atomic E-state index is 0.166. The first-order valence-electron chi connectivity index (χ1n) is 6.32. The lowest BCUT2D eigenvalue weighted by Crippen LogP contribution is -2.41. The van der Waals surface area contributed by atoms with Gasteiger partial charge in [-0.3, -0.25) is 4.79 Å². The molecule has 3 atom stereocenters. The van der Waals surface area contributed by atoms with E-state index < -0.39 is 12.1 Å². The Balaban J connectivity index is 2.02. The summed E-state index contributed by atoms with van der Waals surface area (Å²) in [4.78, 5) is 11.1. The summed E-state index contributed by atoms with van der Waals surface area (Å²) in [5, 5.41) is 12.5. The summed E-state index contributed by atoms with van der Waals surface area (Å²) in [6, 6.07) is -0.428. The van der Waals surface area contributed by atoms with E-state index in [1.807, 2.05) is 0 Å². The van der Waals surface area contributed by atoms with Crippen molar-refractivity contribution in [1.82, 2.24) is 5.32 Å². The van der Waals surface area contributed by atoms with Crippen molar-refractivity contribution in [3.8, 4) is 0 Å². The highest BCUT2D eigenvalue weighted by molar-refractivity contribution is 5.75. The number of aliphatic hydroxyl groups is 1. The Labute approximate surface area is 108 Å². The van der Waals surface area contributed by atoms with Gasteiger partial charge in [0.1, 0.15) is 6.04 Å². The number of hydrogen-bond acceptors (Lipinski definition) is 6. The summed E-state index contributed by atoms with van der Waals surface area (Å²) in [5.74, 6) is -0.345. The monoisotopic (exact) mass is 261 g/mol. The van der Waals surface area contributed by atoms with Crippen LogP contribution in [0.1, 0.15) is 19.8 Å². The molecule has 0 spiro atoms. The van der Waals surface area contributed by atoms with Crippen LogP contribution in [-0.4, -0.2) is 62.8 Å². The molecule has 0 radical (unpaired) electrons. The van der Waals surface area contributed by atoms with Gasteiger partial charge in [0.25, 0.3) is 0 Å². The highest BCUT2D eigenvalue weighted by Crippen LogP contribution is 2.11. The maximum absolute atomic E-state index is 11.1. The predicted octanol–water partition coefficient (Wildman–Crippen LogP) is -0.306. The Morgan fingerprint density at radius 1 is 1.61 bits per heavy atom. The van der Waals surface area contributed by atoms with E-state index in [4.69, 9.17) is 9.47 Å². The van der Waals surface area contributed by atoms with Gasteiger partial charge in [-0.1, -0.05) is 0 Å². The molecule has 0 aliphatic carbocycles. The topological polar surface area (TPSA) is 77.0 Å². The minimum Gasteiger partial charge on any atom is -0.468 e. The smallest absolute Gasteiger partial charge is 0.322 e. The van der Waals surface area contributed by atoms with E-state index >= 15 is 0 Å². The average Bonchev–Trinajstić information content (AvgIpc) is 2.88. The fourth-order valence-corrected chi connectivity index (χ4v) is 1.74. The van der Waals surface area contributed by atoms with Crippen LogP contribution in [0.4, 0.5) is 0 Å². The van der Waals surface area contributed by atoms with Crippen LogP contribution in [0, 0.1) is 0 Å². The van der Waals surface area contributed by atoms with Gasteiger partial charge in [-0.15, -0.1) is 0 Å². The number of rotatable bonds is 8. The molecule has 1 heterocycles. The molecule has 0 aromatic carbocycles. The number of carbonyl (C=O) groups is 1. The van der Waals surface area contributed by atoms with Gasteiger partial charge < -0.3 is 24.6 Å². The summed E-state index contributed by atoms with van der Waals surface area (Å²) in [5.41, 5.74) is 0. The summed E-state index contributed by atoms with van der Waals surface area (Å²) in [6.45, 7) is 3.53. The van der Waals surface area contributed by atoms with Crippen molar-refractivity contribution in [3.63, 3.8) is 0 Å². The molecule has 1 saturated heterocycles. The first kappa shape index (κ1) is 15.4. The molecular formula is C12H23NO5. The predicted molar refractivity (Wildman–Crippen MR) is 65.3 cm³/mol. The van der Waals surface area contributed by atoms with E-state index in [-0.39, 0.29) is 18.7 Å². The SMILES string of the molecule is COC(=O)C(C)NCC(O)COCC1CCCO1. The molecular weight excluding hydrogens is 238 g/mol. The third kappa shape index (κ3) is 5.77. The maximum Gasteiger partial charge on any atom is 0.322 e. The van der Waals surface area contributed by atoms with E-state index in [1.165, 1.54) is 7.11 Å². The lowest BCUT2D eigenvalue weighted by atomic mass is 10.2. The van der Waals surface area contributed by atoms with Gasteiger partial charge in [0.05, 0.1) is 32.5 Å². The molecule has 0 aromatic rings. The van der Waals surface area contributed by atoms with Crippen molar-refractivity contribution >= 4 is 5.97 Å². The molecule has 1 aliphatic rings. The van der Waals surface area contributed by atoms with Gasteiger partial charge in [-0.2, -0.15) is 0 Å². The van der Waals surface area contributed by atoms with Gasteiger partial charge >= 0.3 is 5.97 Å². The third-order valence-corrected chi connectivity index (χ3v) is 2.85. The molecule has 6 nitrogen and oxygen atoms in total. The van der Waals surface area contributed by atoms with Crippen LogP contribution in [0.5, 0.6) is 0 Å². The van der Waals surface area contributed by atoms with Crippen LogP contribution < -0.4 is 5.32 Å². The van der Waals surface area contributed by atoms with Crippen LogP contribution >= 0.6 is 0 Å². The Morgan fingerprint density at radius 3 is 3.00 bits per heavy atom. The Bertz CT molecular complexity index is 243. The Kier molecular flexibility index (Phi) is 7.19. The van der Waals surface area contributed by atoms with E-state index in [0.29, 0.717) is 13.2 Å². The second-order valence-electron chi connectivity index (χ2n) is 4.48. The molecule has 0 bridgehead atoms. The minimum atomic E-state index is -0.640. The average molecular weight is 261 g/mol. The number of carbonyl (C=O) groups excluding carboxylic acids is 1. The fraction of sp³-hybridized carbons (Fsp3) is 0.917. The zero-order chi connectivity index (χ0) is 13.4. The lowest BCUT2D eigenvalue weighted by Gasteiger charge is -2.16. The number of methoxy groups -OCH3 is 1. The van der Waals surface area contributed by atoms with Gasteiger partial charge in [-0.05, 0) is 19.8 Å².